The van der Waals surface area contributed by atoms with E-state index in [4.69, 9.17) is 4.74 Å². The van der Waals surface area contributed by atoms with Crippen molar-refractivity contribution in [3.05, 3.63) is 65.7 Å². The summed E-state index contributed by atoms with van der Waals surface area (Å²) in [5.41, 5.74) is 1.34. The molecule has 2 atom stereocenters. The summed E-state index contributed by atoms with van der Waals surface area (Å²) < 4.78 is 5.12. The zero-order valence-electron chi connectivity index (χ0n) is 17.0. The number of nitrogens with one attached hydrogen (secondary N) is 3. The third-order valence-corrected chi connectivity index (χ3v) is 5.11. The van der Waals surface area contributed by atoms with Gasteiger partial charge in [-0.15, -0.1) is 0 Å². The number of hydrogen-bond acceptors (Lipinski definition) is 4. The smallest absolute Gasteiger partial charge is 0.251 e. The second-order valence-electron chi connectivity index (χ2n) is 7.29. The molecule has 0 bridgehead atoms. The van der Waals surface area contributed by atoms with E-state index in [1.54, 1.807) is 31.4 Å². The highest BCUT2D eigenvalue weighted by Gasteiger charge is 2.28. The van der Waals surface area contributed by atoms with Gasteiger partial charge in [-0.1, -0.05) is 30.3 Å². The molecule has 3 amide bonds. The molecule has 1 saturated heterocycles. The third kappa shape index (κ3) is 5.83. The maximum Gasteiger partial charge on any atom is 0.251 e. The maximum absolute atomic E-state index is 13.0. The Bertz CT molecular complexity index is 868. The fourth-order valence-electron chi connectivity index (χ4n) is 3.39. The molecule has 2 unspecified atom stereocenters. The van der Waals surface area contributed by atoms with E-state index in [1.165, 1.54) is 0 Å². The maximum atomic E-state index is 13.0. The van der Waals surface area contributed by atoms with Crippen LogP contribution < -0.4 is 20.7 Å². The minimum Gasteiger partial charge on any atom is -0.497 e. The minimum absolute atomic E-state index is 0.180. The monoisotopic (exact) mass is 409 g/mol. The van der Waals surface area contributed by atoms with Gasteiger partial charge in [-0.2, -0.15) is 0 Å². The van der Waals surface area contributed by atoms with Crippen LogP contribution in [0.5, 0.6) is 5.75 Å². The second-order valence-corrected chi connectivity index (χ2v) is 7.29. The number of methoxy groups -OCH3 is 1. The number of benzene rings is 2. The average Bonchev–Trinajstić information content (AvgIpc) is 2.98. The largest absolute Gasteiger partial charge is 0.497 e. The highest BCUT2D eigenvalue weighted by Crippen LogP contribution is 2.12. The van der Waals surface area contributed by atoms with Crippen LogP contribution in [0.25, 0.3) is 0 Å². The van der Waals surface area contributed by atoms with Gasteiger partial charge in [-0.25, -0.2) is 0 Å². The van der Waals surface area contributed by atoms with Crippen molar-refractivity contribution in [2.75, 3.05) is 13.7 Å². The number of rotatable bonds is 7. The molecule has 7 heteroatoms. The van der Waals surface area contributed by atoms with Crippen LogP contribution in [0, 0.1) is 0 Å². The van der Waals surface area contributed by atoms with Crippen molar-refractivity contribution < 1.29 is 19.1 Å². The Hall–Kier alpha value is -3.35. The van der Waals surface area contributed by atoms with E-state index < -0.39 is 12.1 Å². The number of amides is 3. The number of carbonyl (C=O) groups excluding carboxylic acids is 3. The lowest BCUT2D eigenvalue weighted by Crippen LogP contribution is -2.54. The highest BCUT2D eigenvalue weighted by molar-refractivity contribution is 5.98. The summed E-state index contributed by atoms with van der Waals surface area (Å²) in [5, 5.41) is 8.45. The number of carbonyl (C=O) groups is 3. The van der Waals surface area contributed by atoms with Gasteiger partial charge in [0.15, 0.2) is 0 Å². The summed E-state index contributed by atoms with van der Waals surface area (Å²) in [6.45, 7) is 0.618. The molecule has 1 aliphatic heterocycles. The average molecular weight is 409 g/mol. The molecule has 3 rings (SSSR count). The zero-order chi connectivity index (χ0) is 21.3. The van der Waals surface area contributed by atoms with E-state index in [2.05, 4.69) is 16.0 Å². The molecular weight excluding hydrogens is 382 g/mol. The molecule has 2 aromatic carbocycles. The van der Waals surface area contributed by atoms with Crippen LogP contribution in [0.1, 0.15) is 35.2 Å². The molecule has 0 aliphatic carbocycles. The summed E-state index contributed by atoms with van der Waals surface area (Å²) in [6.07, 6.45) is 2.65. The van der Waals surface area contributed by atoms with Gasteiger partial charge in [0.1, 0.15) is 17.8 Å². The first kappa shape index (κ1) is 21.4. The van der Waals surface area contributed by atoms with Crippen LogP contribution in [-0.2, 0) is 16.0 Å². The normalized spacial score (nSPS) is 17.2. The van der Waals surface area contributed by atoms with Crippen LogP contribution in [0.4, 0.5) is 0 Å². The Kier molecular flexibility index (Phi) is 7.43. The van der Waals surface area contributed by atoms with E-state index in [1.807, 2.05) is 30.3 Å². The third-order valence-electron chi connectivity index (χ3n) is 5.11. The first-order valence-corrected chi connectivity index (χ1v) is 10.1. The Morgan fingerprint density at radius 1 is 1.10 bits per heavy atom. The van der Waals surface area contributed by atoms with E-state index >= 15 is 0 Å². The topological polar surface area (TPSA) is 96.5 Å². The molecular formula is C23H27N3O4. The van der Waals surface area contributed by atoms with E-state index in [9.17, 15) is 14.4 Å². The lowest BCUT2D eigenvalue weighted by Gasteiger charge is -2.22. The molecule has 7 nitrogen and oxygen atoms in total. The van der Waals surface area contributed by atoms with E-state index in [0.717, 1.165) is 18.4 Å². The van der Waals surface area contributed by atoms with Crippen molar-refractivity contribution in [1.82, 2.24) is 16.0 Å². The fourth-order valence-corrected chi connectivity index (χ4v) is 3.39. The summed E-state index contributed by atoms with van der Waals surface area (Å²) in [6, 6.07) is 14.7. The molecule has 0 aromatic heterocycles. The van der Waals surface area contributed by atoms with Crippen molar-refractivity contribution in [3.63, 3.8) is 0 Å². The fraction of sp³-hybridized carbons (Fsp3) is 0.348. The number of hydrogen-bond donors (Lipinski definition) is 3. The van der Waals surface area contributed by atoms with E-state index in [-0.39, 0.29) is 17.7 Å². The molecule has 0 saturated carbocycles. The molecule has 2 aromatic rings. The molecule has 158 valence electrons. The van der Waals surface area contributed by atoms with Gasteiger partial charge < -0.3 is 20.7 Å². The van der Waals surface area contributed by atoms with Gasteiger partial charge in [-0.3, -0.25) is 14.4 Å². The molecule has 1 heterocycles. The number of ether oxygens (including phenoxy) is 1. The van der Waals surface area contributed by atoms with Gasteiger partial charge >= 0.3 is 0 Å². The summed E-state index contributed by atoms with van der Waals surface area (Å²) in [5.74, 6) is -0.271. The van der Waals surface area contributed by atoms with Crippen LogP contribution in [-0.4, -0.2) is 43.5 Å². The van der Waals surface area contributed by atoms with Crippen molar-refractivity contribution in [1.29, 1.82) is 0 Å². The second kappa shape index (κ2) is 10.4. The molecule has 30 heavy (non-hydrogen) atoms. The standard InChI is InChI=1S/C23H27N3O4/c1-30-18-12-10-17(11-13-18)21(27)26-20(15-16-7-3-2-4-8-16)23(29)25-19-9-5-6-14-24-22(19)28/h2-4,7-8,10-13,19-20H,5-6,9,14-15H2,1H3,(H,24,28)(H,25,29)(H,26,27). The van der Waals surface area contributed by atoms with Crippen molar-refractivity contribution >= 4 is 17.7 Å². The summed E-state index contributed by atoms with van der Waals surface area (Å²) in [4.78, 5) is 38.0. The van der Waals surface area contributed by atoms with Gasteiger partial charge in [0.05, 0.1) is 7.11 Å². The first-order chi connectivity index (χ1) is 14.6. The molecule has 3 N–H and O–H groups in total. The van der Waals surface area contributed by atoms with E-state index in [0.29, 0.717) is 30.7 Å². The van der Waals surface area contributed by atoms with Gasteiger partial charge in [0.2, 0.25) is 11.8 Å². The van der Waals surface area contributed by atoms with Crippen LogP contribution >= 0.6 is 0 Å². The Morgan fingerprint density at radius 2 is 1.83 bits per heavy atom. The van der Waals surface area contributed by atoms with Crippen molar-refractivity contribution in [2.24, 2.45) is 0 Å². The lowest BCUT2D eigenvalue weighted by molar-refractivity contribution is -0.129. The predicted octanol–water partition coefficient (Wildman–Crippen LogP) is 1.82. The highest BCUT2D eigenvalue weighted by atomic mass is 16.5. The van der Waals surface area contributed by atoms with Crippen LogP contribution in [0.15, 0.2) is 54.6 Å². The van der Waals surface area contributed by atoms with Gasteiger partial charge in [-0.05, 0) is 49.1 Å². The minimum atomic E-state index is -0.807. The van der Waals surface area contributed by atoms with Crippen LogP contribution in [0.3, 0.4) is 0 Å². The predicted molar refractivity (Wildman–Crippen MR) is 113 cm³/mol. The quantitative estimate of drug-likeness (QED) is 0.650. The molecule has 1 aliphatic rings. The summed E-state index contributed by atoms with van der Waals surface area (Å²) in [7, 11) is 1.55. The molecule has 1 fully saturated rings. The Balaban J connectivity index is 1.74. The Morgan fingerprint density at radius 3 is 2.53 bits per heavy atom. The molecule has 0 radical (unpaired) electrons. The van der Waals surface area contributed by atoms with Crippen molar-refractivity contribution in [3.8, 4) is 5.75 Å². The molecule has 0 spiro atoms. The van der Waals surface area contributed by atoms with Gasteiger partial charge in [0.25, 0.3) is 5.91 Å². The van der Waals surface area contributed by atoms with Gasteiger partial charge in [0, 0.05) is 18.5 Å². The van der Waals surface area contributed by atoms with Crippen LogP contribution in [0.2, 0.25) is 0 Å². The zero-order valence-corrected chi connectivity index (χ0v) is 17.0. The SMILES string of the molecule is COc1ccc(C(=O)NC(Cc2ccccc2)C(=O)NC2CCCCNC2=O)cc1. The lowest BCUT2D eigenvalue weighted by atomic mass is 10.0. The first-order valence-electron chi connectivity index (χ1n) is 10.1. The Labute approximate surface area is 176 Å². The summed E-state index contributed by atoms with van der Waals surface area (Å²) >= 11 is 0. The van der Waals surface area contributed by atoms with Crippen molar-refractivity contribution in [2.45, 2.75) is 37.8 Å².